The zero-order valence-electron chi connectivity index (χ0n) is 8.40. The third-order valence-corrected chi connectivity index (χ3v) is 3.28. The van der Waals surface area contributed by atoms with E-state index in [4.69, 9.17) is 5.73 Å². The van der Waals surface area contributed by atoms with Gasteiger partial charge in [0.2, 0.25) is 0 Å². The van der Waals surface area contributed by atoms with E-state index in [1.54, 1.807) is 18.5 Å². The van der Waals surface area contributed by atoms with Gasteiger partial charge in [-0.3, -0.25) is 4.98 Å². The van der Waals surface area contributed by atoms with Gasteiger partial charge in [-0.05, 0) is 51.9 Å². The van der Waals surface area contributed by atoms with Gasteiger partial charge in [-0.15, -0.1) is 0 Å². The summed E-state index contributed by atoms with van der Waals surface area (Å²) in [5, 5.41) is 0. The molecule has 1 aromatic heterocycles. The van der Waals surface area contributed by atoms with Crippen molar-refractivity contribution in [3.63, 3.8) is 0 Å². The van der Waals surface area contributed by atoms with Crippen LogP contribution in [0.2, 0.25) is 0 Å². The van der Waals surface area contributed by atoms with E-state index in [0.717, 1.165) is 14.7 Å². The lowest BCUT2D eigenvalue weighted by Crippen LogP contribution is -2.13. The Morgan fingerprint density at radius 1 is 1.31 bits per heavy atom. The first-order valence-electron chi connectivity index (χ1n) is 4.79. The quantitative estimate of drug-likeness (QED) is 0.861. The minimum Gasteiger partial charge on any atom is -0.320 e. The second kappa shape index (κ2) is 4.88. The normalized spacial score (nSPS) is 12.4. The summed E-state index contributed by atoms with van der Waals surface area (Å²) in [4.78, 5) is 4.02. The molecule has 2 N–H and O–H groups in total. The molecule has 0 aliphatic rings. The molecular weight excluding hydrogens is 318 g/mol. The number of hydrogen-bond acceptors (Lipinski definition) is 2. The highest BCUT2D eigenvalue weighted by molar-refractivity contribution is 14.1. The van der Waals surface area contributed by atoms with E-state index in [-0.39, 0.29) is 11.9 Å². The molecule has 4 heteroatoms. The Labute approximate surface area is 107 Å². The Bertz CT molecular complexity index is 488. The predicted octanol–water partition coefficient (Wildman–Crippen LogP) is 2.87. The van der Waals surface area contributed by atoms with Gasteiger partial charge in [0.05, 0.1) is 6.04 Å². The van der Waals surface area contributed by atoms with Gasteiger partial charge in [-0.25, -0.2) is 4.39 Å². The summed E-state index contributed by atoms with van der Waals surface area (Å²) < 4.78 is 13.8. The first-order chi connectivity index (χ1) is 7.68. The molecule has 0 spiro atoms. The molecule has 16 heavy (non-hydrogen) atoms. The van der Waals surface area contributed by atoms with Gasteiger partial charge in [-0.1, -0.05) is 12.1 Å². The molecule has 2 aromatic rings. The highest BCUT2D eigenvalue weighted by Crippen LogP contribution is 2.24. The lowest BCUT2D eigenvalue weighted by atomic mass is 10.0. The van der Waals surface area contributed by atoms with Crippen molar-refractivity contribution >= 4 is 22.6 Å². The van der Waals surface area contributed by atoms with Crippen molar-refractivity contribution in [2.24, 2.45) is 5.73 Å². The molecule has 0 fully saturated rings. The summed E-state index contributed by atoms with van der Waals surface area (Å²) in [6.07, 6.45) is 3.43. The Kier molecular flexibility index (Phi) is 3.50. The maximum absolute atomic E-state index is 13.0. The second-order valence-electron chi connectivity index (χ2n) is 3.43. The summed E-state index contributed by atoms with van der Waals surface area (Å²) in [5.74, 6) is -0.244. The summed E-state index contributed by atoms with van der Waals surface area (Å²) >= 11 is 2.09. The van der Waals surface area contributed by atoms with Crippen LogP contribution in [0.15, 0.2) is 42.7 Å². The summed E-state index contributed by atoms with van der Waals surface area (Å²) in [6.45, 7) is 0. The van der Waals surface area contributed by atoms with Crippen LogP contribution in [0.4, 0.5) is 4.39 Å². The highest BCUT2D eigenvalue weighted by atomic mass is 127. The number of rotatable bonds is 2. The molecule has 0 bridgehead atoms. The van der Waals surface area contributed by atoms with E-state index in [1.807, 2.05) is 12.1 Å². The molecule has 1 aromatic carbocycles. The summed E-state index contributed by atoms with van der Waals surface area (Å²) in [7, 11) is 0. The van der Waals surface area contributed by atoms with E-state index < -0.39 is 0 Å². The van der Waals surface area contributed by atoms with Gasteiger partial charge < -0.3 is 5.73 Å². The minimum atomic E-state index is -0.263. The third-order valence-electron chi connectivity index (χ3n) is 2.34. The fourth-order valence-electron chi connectivity index (χ4n) is 1.49. The van der Waals surface area contributed by atoms with Gasteiger partial charge in [0.1, 0.15) is 5.82 Å². The molecule has 1 heterocycles. The maximum Gasteiger partial charge on any atom is 0.124 e. The number of halogens is 2. The van der Waals surface area contributed by atoms with Crippen molar-refractivity contribution in [2.75, 3.05) is 0 Å². The van der Waals surface area contributed by atoms with Crippen molar-refractivity contribution in [2.45, 2.75) is 6.04 Å². The van der Waals surface area contributed by atoms with Crippen LogP contribution in [0, 0.1) is 9.39 Å². The zero-order valence-corrected chi connectivity index (χ0v) is 10.6. The molecule has 1 atom stereocenters. The van der Waals surface area contributed by atoms with Crippen LogP contribution in [0.25, 0.3) is 0 Å². The van der Waals surface area contributed by atoms with Gasteiger partial charge >= 0.3 is 0 Å². The summed E-state index contributed by atoms with van der Waals surface area (Å²) in [5.41, 5.74) is 7.94. The molecule has 0 saturated carbocycles. The average molecular weight is 328 g/mol. The van der Waals surface area contributed by atoms with Gasteiger partial charge in [-0.2, -0.15) is 0 Å². The van der Waals surface area contributed by atoms with Gasteiger partial charge in [0.25, 0.3) is 0 Å². The maximum atomic E-state index is 13.0. The average Bonchev–Trinajstić information content (AvgIpc) is 2.29. The topological polar surface area (TPSA) is 38.9 Å². The minimum absolute atomic E-state index is 0.244. The van der Waals surface area contributed by atoms with Crippen molar-refractivity contribution in [3.05, 3.63) is 63.2 Å². The van der Waals surface area contributed by atoms with Crippen LogP contribution in [0.5, 0.6) is 0 Å². The number of aromatic nitrogens is 1. The van der Waals surface area contributed by atoms with E-state index in [0.29, 0.717) is 0 Å². The Morgan fingerprint density at radius 3 is 2.75 bits per heavy atom. The second-order valence-corrected chi connectivity index (χ2v) is 4.59. The lowest BCUT2D eigenvalue weighted by Gasteiger charge is -2.13. The molecule has 0 saturated heterocycles. The van der Waals surface area contributed by atoms with Crippen molar-refractivity contribution in [1.82, 2.24) is 4.98 Å². The predicted molar refractivity (Wildman–Crippen MR) is 69.4 cm³/mol. The first kappa shape index (κ1) is 11.5. The van der Waals surface area contributed by atoms with Gasteiger partial charge in [0.15, 0.2) is 0 Å². The largest absolute Gasteiger partial charge is 0.320 e. The third kappa shape index (κ3) is 2.38. The monoisotopic (exact) mass is 328 g/mol. The van der Waals surface area contributed by atoms with Crippen molar-refractivity contribution < 1.29 is 4.39 Å². The standard InChI is InChI=1S/C12H10FIN2/c13-9-3-4-10(11(14)6-9)12(15)8-2-1-5-16-7-8/h1-7,12H,15H2. The smallest absolute Gasteiger partial charge is 0.124 e. The molecule has 1 unspecified atom stereocenters. The van der Waals surface area contributed by atoms with Crippen LogP contribution in [-0.2, 0) is 0 Å². The van der Waals surface area contributed by atoms with Crippen LogP contribution in [0.1, 0.15) is 17.2 Å². The SMILES string of the molecule is NC(c1cccnc1)c1ccc(F)cc1I. The van der Waals surface area contributed by atoms with Gasteiger partial charge in [0, 0.05) is 16.0 Å². The number of pyridine rings is 1. The summed E-state index contributed by atoms with van der Waals surface area (Å²) in [6, 6.07) is 8.11. The Balaban J connectivity index is 2.38. The molecule has 0 aliphatic carbocycles. The van der Waals surface area contributed by atoms with E-state index in [2.05, 4.69) is 27.6 Å². The zero-order chi connectivity index (χ0) is 11.5. The molecular formula is C12H10FIN2. The van der Waals surface area contributed by atoms with E-state index in [9.17, 15) is 4.39 Å². The molecule has 2 rings (SSSR count). The number of nitrogens with zero attached hydrogens (tertiary/aromatic N) is 1. The van der Waals surface area contributed by atoms with Crippen LogP contribution < -0.4 is 5.73 Å². The molecule has 2 nitrogen and oxygen atoms in total. The Morgan fingerprint density at radius 2 is 2.12 bits per heavy atom. The molecule has 0 radical (unpaired) electrons. The fraction of sp³-hybridized carbons (Fsp3) is 0.0833. The number of hydrogen-bond donors (Lipinski definition) is 1. The van der Waals surface area contributed by atoms with E-state index in [1.165, 1.54) is 12.1 Å². The van der Waals surface area contributed by atoms with Crippen LogP contribution in [0.3, 0.4) is 0 Å². The highest BCUT2D eigenvalue weighted by Gasteiger charge is 2.12. The van der Waals surface area contributed by atoms with Crippen LogP contribution >= 0.6 is 22.6 Å². The number of nitrogens with two attached hydrogens (primary N) is 1. The molecule has 82 valence electrons. The molecule has 0 amide bonds. The fourth-order valence-corrected chi connectivity index (χ4v) is 2.31. The van der Waals surface area contributed by atoms with E-state index >= 15 is 0 Å². The molecule has 0 aliphatic heterocycles. The van der Waals surface area contributed by atoms with Crippen molar-refractivity contribution in [1.29, 1.82) is 0 Å². The first-order valence-corrected chi connectivity index (χ1v) is 5.87. The van der Waals surface area contributed by atoms with Crippen LogP contribution in [-0.4, -0.2) is 4.98 Å². The Hall–Kier alpha value is -1.01. The number of benzene rings is 1. The van der Waals surface area contributed by atoms with Crippen molar-refractivity contribution in [3.8, 4) is 0 Å². The lowest BCUT2D eigenvalue weighted by molar-refractivity contribution is 0.625.